The maximum Gasteiger partial charge on any atom is 0.151 e. The molecule has 0 amide bonds. The first-order valence-corrected chi connectivity index (χ1v) is 8.23. The van der Waals surface area contributed by atoms with Crippen LogP contribution in [0.25, 0.3) is 0 Å². The van der Waals surface area contributed by atoms with Gasteiger partial charge in [-0.05, 0) is 38.9 Å². The molecule has 0 bridgehead atoms. The van der Waals surface area contributed by atoms with E-state index in [1.54, 1.807) is 0 Å². The van der Waals surface area contributed by atoms with Crippen LogP contribution in [0.1, 0.15) is 20.3 Å². The zero-order valence-electron chi connectivity index (χ0n) is 11.4. The molecule has 5 heteroatoms. The molecule has 1 heterocycles. The summed E-state index contributed by atoms with van der Waals surface area (Å²) in [6.45, 7) is 6.41. The van der Waals surface area contributed by atoms with Gasteiger partial charge >= 0.3 is 0 Å². The Hall–Kier alpha value is -0.130. The summed E-state index contributed by atoms with van der Waals surface area (Å²) < 4.78 is 22.9. The zero-order chi connectivity index (χ0) is 13.1. The summed E-state index contributed by atoms with van der Waals surface area (Å²) in [4.78, 5) is 2.23. The summed E-state index contributed by atoms with van der Waals surface area (Å²) in [5.74, 6) is 1.89. The quantitative estimate of drug-likeness (QED) is 0.761. The maximum atomic E-state index is 11.5. The first kappa shape index (κ1) is 14.9. The van der Waals surface area contributed by atoms with Crippen LogP contribution in [0, 0.1) is 11.8 Å². The van der Waals surface area contributed by atoms with E-state index in [1.807, 2.05) is 7.05 Å². The van der Waals surface area contributed by atoms with Crippen LogP contribution in [0.3, 0.4) is 0 Å². The molecule has 1 saturated heterocycles. The summed E-state index contributed by atoms with van der Waals surface area (Å²) in [6.07, 6.45) is 0.795. The van der Waals surface area contributed by atoms with Crippen molar-refractivity contribution in [1.82, 2.24) is 10.2 Å². The summed E-state index contributed by atoms with van der Waals surface area (Å²) in [5.41, 5.74) is 0. The van der Waals surface area contributed by atoms with Crippen molar-refractivity contribution in [3.8, 4) is 0 Å². The molecular formula is C12H26N2O2S. The first-order valence-electron chi connectivity index (χ1n) is 6.41. The first-order chi connectivity index (χ1) is 7.85. The van der Waals surface area contributed by atoms with Crippen molar-refractivity contribution in [1.29, 1.82) is 0 Å². The second-order valence-corrected chi connectivity index (χ2v) is 7.79. The second-order valence-electron chi connectivity index (χ2n) is 5.56. The average Bonchev–Trinajstić information content (AvgIpc) is 2.58. The number of nitrogens with one attached hydrogen (secondary N) is 1. The second kappa shape index (κ2) is 6.16. The Bertz CT molecular complexity index is 327. The van der Waals surface area contributed by atoms with Crippen LogP contribution in [-0.2, 0) is 9.84 Å². The van der Waals surface area contributed by atoms with Gasteiger partial charge in [0.2, 0.25) is 0 Å². The van der Waals surface area contributed by atoms with Crippen molar-refractivity contribution >= 4 is 9.84 Å². The molecule has 102 valence electrons. The lowest BCUT2D eigenvalue weighted by atomic mass is 9.95. The summed E-state index contributed by atoms with van der Waals surface area (Å²) in [7, 11) is 1.25. The van der Waals surface area contributed by atoms with E-state index in [-0.39, 0.29) is 6.04 Å². The Kier molecular flexibility index (Phi) is 5.41. The molecule has 2 unspecified atom stereocenters. The van der Waals surface area contributed by atoms with Gasteiger partial charge in [0.15, 0.2) is 9.84 Å². The molecule has 17 heavy (non-hydrogen) atoms. The Morgan fingerprint density at radius 2 is 2.06 bits per heavy atom. The fourth-order valence-electron chi connectivity index (χ4n) is 2.42. The Labute approximate surface area is 106 Å². The lowest BCUT2D eigenvalue weighted by Gasteiger charge is -2.30. The average molecular weight is 262 g/mol. The van der Waals surface area contributed by atoms with Crippen molar-refractivity contribution < 1.29 is 8.42 Å². The zero-order valence-corrected chi connectivity index (χ0v) is 12.3. The van der Waals surface area contributed by atoms with E-state index in [1.165, 1.54) is 0 Å². The molecule has 0 aromatic rings. The van der Waals surface area contributed by atoms with Gasteiger partial charge < -0.3 is 10.2 Å². The number of rotatable bonds is 6. The third-order valence-corrected chi connectivity index (χ3v) is 5.51. The van der Waals surface area contributed by atoms with Crippen molar-refractivity contribution in [2.24, 2.45) is 11.8 Å². The standard InChI is InChI=1S/C12H26N2O2S/c1-10(2)11(7-13-3)8-14(4)12-5-6-17(15,16)9-12/h10-13H,5-9H2,1-4H3. The molecular weight excluding hydrogens is 236 g/mol. The smallest absolute Gasteiger partial charge is 0.151 e. The van der Waals surface area contributed by atoms with E-state index in [4.69, 9.17) is 0 Å². The normalized spacial score (nSPS) is 25.6. The van der Waals surface area contributed by atoms with Crippen LogP contribution in [-0.4, -0.2) is 58.1 Å². The lowest BCUT2D eigenvalue weighted by Crippen LogP contribution is -2.40. The Morgan fingerprint density at radius 3 is 2.47 bits per heavy atom. The van der Waals surface area contributed by atoms with Crippen molar-refractivity contribution in [2.75, 3.05) is 38.7 Å². The van der Waals surface area contributed by atoms with E-state index in [0.29, 0.717) is 23.3 Å². The van der Waals surface area contributed by atoms with E-state index in [0.717, 1.165) is 19.5 Å². The van der Waals surface area contributed by atoms with Crippen LogP contribution in [0.2, 0.25) is 0 Å². The molecule has 1 N–H and O–H groups in total. The Morgan fingerprint density at radius 1 is 1.41 bits per heavy atom. The van der Waals surface area contributed by atoms with Crippen molar-refractivity contribution in [3.05, 3.63) is 0 Å². The largest absolute Gasteiger partial charge is 0.319 e. The summed E-state index contributed by atoms with van der Waals surface area (Å²) in [6, 6.07) is 0.220. The van der Waals surface area contributed by atoms with Gasteiger partial charge in [-0.3, -0.25) is 0 Å². The molecule has 0 aromatic heterocycles. The minimum atomic E-state index is -2.77. The molecule has 2 atom stereocenters. The summed E-state index contributed by atoms with van der Waals surface area (Å²) >= 11 is 0. The van der Waals surface area contributed by atoms with E-state index in [2.05, 4.69) is 31.1 Å². The monoisotopic (exact) mass is 262 g/mol. The van der Waals surface area contributed by atoms with Gasteiger partial charge in [0, 0.05) is 12.6 Å². The van der Waals surface area contributed by atoms with Crippen LogP contribution >= 0.6 is 0 Å². The van der Waals surface area contributed by atoms with Gasteiger partial charge in [-0.2, -0.15) is 0 Å². The minimum Gasteiger partial charge on any atom is -0.319 e. The predicted octanol–water partition coefficient (Wildman–Crippen LogP) is 0.597. The highest BCUT2D eigenvalue weighted by atomic mass is 32.2. The third kappa shape index (κ3) is 4.56. The number of hydrogen-bond donors (Lipinski definition) is 1. The van der Waals surface area contributed by atoms with Crippen molar-refractivity contribution in [3.63, 3.8) is 0 Å². The number of hydrogen-bond acceptors (Lipinski definition) is 4. The van der Waals surface area contributed by atoms with Gasteiger partial charge in [-0.25, -0.2) is 8.42 Å². The van der Waals surface area contributed by atoms with Crippen LogP contribution in [0.15, 0.2) is 0 Å². The van der Waals surface area contributed by atoms with Gasteiger partial charge in [0.05, 0.1) is 11.5 Å². The van der Waals surface area contributed by atoms with E-state index >= 15 is 0 Å². The van der Waals surface area contributed by atoms with E-state index in [9.17, 15) is 8.42 Å². The molecule has 0 radical (unpaired) electrons. The SMILES string of the molecule is CNCC(CN(C)C1CCS(=O)(=O)C1)C(C)C. The summed E-state index contributed by atoms with van der Waals surface area (Å²) in [5, 5.41) is 3.22. The molecule has 0 spiro atoms. The molecule has 0 aromatic carbocycles. The van der Waals surface area contributed by atoms with Crippen LogP contribution < -0.4 is 5.32 Å². The fraction of sp³-hybridized carbons (Fsp3) is 1.00. The topological polar surface area (TPSA) is 49.4 Å². The maximum absolute atomic E-state index is 11.5. The van der Waals surface area contributed by atoms with Gasteiger partial charge in [0.25, 0.3) is 0 Å². The molecule has 1 aliphatic rings. The molecule has 1 rings (SSSR count). The molecule has 0 aliphatic carbocycles. The van der Waals surface area contributed by atoms with Gasteiger partial charge in [-0.15, -0.1) is 0 Å². The van der Waals surface area contributed by atoms with E-state index < -0.39 is 9.84 Å². The number of nitrogens with zero attached hydrogens (tertiary/aromatic N) is 1. The molecule has 0 saturated carbocycles. The highest BCUT2D eigenvalue weighted by Gasteiger charge is 2.31. The number of sulfone groups is 1. The van der Waals surface area contributed by atoms with Crippen LogP contribution in [0.5, 0.6) is 0 Å². The molecule has 1 fully saturated rings. The highest BCUT2D eigenvalue weighted by Crippen LogP contribution is 2.19. The van der Waals surface area contributed by atoms with Gasteiger partial charge in [-0.1, -0.05) is 13.8 Å². The highest BCUT2D eigenvalue weighted by molar-refractivity contribution is 7.91. The molecule has 1 aliphatic heterocycles. The van der Waals surface area contributed by atoms with Crippen LogP contribution in [0.4, 0.5) is 0 Å². The molecule has 4 nitrogen and oxygen atoms in total. The van der Waals surface area contributed by atoms with Gasteiger partial charge in [0.1, 0.15) is 0 Å². The lowest BCUT2D eigenvalue weighted by molar-refractivity contribution is 0.192. The fourth-order valence-corrected chi connectivity index (χ4v) is 4.22. The minimum absolute atomic E-state index is 0.220. The van der Waals surface area contributed by atoms with Crippen molar-refractivity contribution in [2.45, 2.75) is 26.3 Å². The third-order valence-electron chi connectivity index (χ3n) is 3.76. The predicted molar refractivity (Wildman–Crippen MR) is 71.9 cm³/mol. The Balaban J connectivity index is 2.50.